The van der Waals surface area contributed by atoms with E-state index in [1.54, 1.807) is 18.2 Å². The molecule has 3 heteroatoms. The molecule has 1 aromatic rings. The van der Waals surface area contributed by atoms with E-state index < -0.39 is 0 Å². The molecule has 0 atom stereocenters. The Morgan fingerprint density at radius 2 is 2.25 bits per heavy atom. The maximum atomic E-state index is 8.81. The number of hydrogen-bond acceptors (Lipinski definition) is 2. The third-order valence-electron chi connectivity index (χ3n) is 1.51. The third kappa shape index (κ3) is 2.13. The number of halogens is 1. The molecule has 0 aliphatic rings. The Morgan fingerprint density at radius 3 is 2.75 bits per heavy atom. The number of rotatable bonds is 3. The van der Waals surface area contributed by atoms with Gasteiger partial charge >= 0.3 is 0 Å². The van der Waals surface area contributed by atoms with Crippen molar-refractivity contribution in [1.82, 2.24) is 0 Å². The van der Waals surface area contributed by atoms with Crippen LogP contribution in [0.15, 0.2) is 18.2 Å². The molecule has 0 unspecified atom stereocenters. The molecule has 0 aliphatic carbocycles. The average molecular weight is 187 g/mol. The van der Waals surface area contributed by atoms with Gasteiger partial charge in [0.25, 0.3) is 0 Å². The van der Waals surface area contributed by atoms with Gasteiger partial charge in [-0.25, -0.2) is 0 Å². The SMILES string of the molecule is CCOc1ccc(CO)c(Cl)c1. The summed E-state index contributed by atoms with van der Waals surface area (Å²) in [6, 6.07) is 5.25. The molecule has 0 aromatic heterocycles. The van der Waals surface area contributed by atoms with Crippen LogP contribution in [-0.2, 0) is 6.61 Å². The Kier molecular flexibility index (Phi) is 3.38. The van der Waals surface area contributed by atoms with Gasteiger partial charge in [-0.3, -0.25) is 0 Å². The molecular formula is C9H11ClO2. The first-order chi connectivity index (χ1) is 5.77. The predicted octanol–water partition coefficient (Wildman–Crippen LogP) is 2.23. The first-order valence-electron chi connectivity index (χ1n) is 3.80. The smallest absolute Gasteiger partial charge is 0.120 e. The van der Waals surface area contributed by atoms with Crippen molar-refractivity contribution in [2.75, 3.05) is 6.61 Å². The van der Waals surface area contributed by atoms with E-state index in [9.17, 15) is 0 Å². The molecule has 0 spiro atoms. The zero-order valence-corrected chi connectivity index (χ0v) is 7.64. The van der Waals surface area contributed by atoms with Gasteiger partial charge in [-0.1, -0.05) is 17.7 Å². The minimum absolute atomic E-state index is 0.0365. The third-order valence-corrected chi connectivity index (χ3v) is 1.86. The molecule has 0 heterocycles. The second kappa shape index (κ2) is 4.33. The van der Waals surface area contributed by atoms with Crippen molar-refractivity contribution in [1.29, 1.82) is 0 Å². The van der Waals surface area contributed by atoms with Gasteiger partial charge in [0, 0.05) is 5.02 Å². The molecule has 0 amide bonds. The molecule has 0 fully saturated rings. The first-order valence-corrected chi connectivity index (χ1v) is 4.17. The molecule has 0 saturated carbocycles. The lowest BCUT2D eigenvalue weighted by molar-refractivity contribution is 0.281. The first kappa shape index (κ1) is 9.36. The van der Waals surface area contributed by atoms with Crippen molar-refractivity contribution < 1.29 is 9.84 Å². The fourth-order valence-corrected chi connectivity index (χ4v) is 1.14. The van der Waals surface area contributed by atoms with Crippen LogP contribution < -0.4 is 4.74 Å². The van der Waals surface area contributed by atoms with Gasteiger partial charge in [0.05, 0.1) is 13.2 Å². The highest BCUT2D eigenvalue weighted by atomic mass is 35.5. The maximum absolute atomic E-state index is 8.81. The van der Waals surface area contributed by atoms with Crippen molar-refractivity contribution in [3.8, 4) is 5.75 Å². The Hall–Kier alpha value is -0.730. The molecule has 12 heavy (non-hydrogen) atoms. The van der Waals surface area contributed by atoms with Crippen LogP contribution in [-0.4, -0.2) is 11.7 Å². The molecule has 66 valence electrons. The summed E-state index contributed by atoms with van der Waals surface area (Å²) in [4.78, 5) is 0. The summed E-state index contributed by atoms with van der Waals surface area (Å²) in [5, 5.41) is 9.36. The van der Waals surface area contributed by atoms with E-state index in [-0.39, 0.29) is 6.61 Å². The van der Waals surface area contributed by atoms with Gasteiger partial charge < -0.3 is 9.84 Å². The average Bonchev–Trinajstić information content (AvgIpc) is 2.05. The summed E-state index contributed by atoms with van der Waals surface area (Å²) in [6.07, 6.45) is 0. The maximum Gasteiger partial charge on any atom is 0.120 e. The van der Waals surface area contributed by atoms with E-state index in [4.69, 9.17) is 21.4 Å². The summed E-state index contributed by atoms with van der Waals surface area (Å²) in [6.45, 7) is 2.49. The quantitative estimate of drug-likeness (QED) is 0.785. The van der Waals surface area contributed by atoms with Crippen LogP contribution in [0.3, 0.4) is 0 Å². The standard InChI is InChI=1S/C9H11ClO2/c1-2-12-8-4-3-7(6-11)9(10)5-8/h3-5,11H,2,6H2,1H3. The summed E-state index contributed by atoms with van der Waals surface area (Å²) in [5.74, 6) is 0.736. The minimum Gasteiger partial charge on any atom is -0.494 e. The van der Waals surface area contributed by atoms with E-state index in [0.717, 1.165) is 11.3 Å². The predicted molar refractivity (Wildman–Crippen MR) is 48.5 cm³/mol. The number of aliphatic hydroxyl groups is 1. The lowest BCUT2D eigenvalue weighted by atomic mass is 10.2. The molecule has 0 radical (unpaired) electrons. The van der Waals surface area contributed by atoms with Crippen LogP contribution >= 0.6 is 11.6 Å². The van der Waals surface area contributed by atoms with Crippen LogP contribution in [0.1, 0.15) is 12.5 Å². The van der Waals surface area contributed by atoms with Gasteiger partial charge in [-0.05, 0) is 24.6 Å². The second-order valence-corrected chi connectivity index (χ2v) is 2.75. The monoisotopic (exact) mass is 186 g/mol. The molecule has 1 N–H and O–H groups in total. The summed E-state index contributed by atoms with van der Waals surface area (Å²) in [7, 11) is 0. The Labute approximate surface area is 76.7 Å². The largest absolute Gasteiger partial charge is 0.494 e. The van der Waals surface area contributed by atoms with E-state index in [1.165, 1.54) is 0 Å². The van der Waals surface area contributed by atoms with Crippen molar-refractivity contribution >= 4 is 11.6 Å². The van der Waals surface area contributed by atoms with Crippen molar-refractivity contribution in [3.63, 3.8) is 0 Å². The minimum atomic E-state index is -0.0365. The fourth-order valence-electron chi connectivity index (χ4n) is 0.913. The zero-order valence-electron chi connectivity index (χ0n) is 6.88. The molecule has 0 bridgehead atoms. The molecule has 0 saturated heterocycles. The topological polar surface area (TPSA) is 29.5 Å². The highest BCUT2D eigenvalue weighted by Crippen LogP contribution is 2.22. The van der Waals surface area contributed by atoms with Crippen LogP contribution in [0.5, 0.6) is 5.75 Å². The van der Waals surface area contributed by atoms with E-state index in [2.05, 4.69) is 0 Å². The zero-order chi connectivity index (χ0) is 8.97. The van der Waals surface area contributed by atoms with Gasteiger partial charge in [-0.15, -0.1) is 0 Å². The Morgan fingerprint density at radius 1 is 1.50 bits per heavy atom. The number of aliphatic hydroxyl groups excluding tert-OH is 1. The van der Waals surface area contributed by atoms with Gasteiger partial charge in [-0.2, -0.15) is 0 Å². The molecule has 2 nitrogen and oxygen atoms in total. The van der Waals surface area contributed by atoms with Crippen LogP contribution in [0.25, 0.3) is 0 Å². The molecule has 0 aliphatic heterocycles. The summed E-state index contributed by atoms with van der Waals surface area (Å²) in [5.41, 5.74) is 0.722. The Bertz CT molecular complexity index is 261. The van der Waals surface area contributed by atoms with Crippen LogP contribution in [0.4, 0.5) is 0 Å². The number of ether oxygens (including phenoxy) is 1. The summed E-state index contributed by atoms with van der Waals surface area (Å²) >= 11 is 5.83. The molecular weight excluding hydrogens is 176 g/mol. The summed E-state index contributed by atoms with van der Waals surface area (Å²) < 4.78 is 5.22. The van der Waals surface area contributed by atoms with Crippen molar-refractivity contribution in [3.05, 3.63) is 28.8 Å². The van der Waals surface area contributed by atoms with E-state index in [1.807, 2.05) is 6.92 Å². The molecule has 1 rings (SSSR count). The highest BCUT2D eigenvalue weighted by molar-refractivity contribution is 6.31. The van der Waals surface area contributed by atoms with Crippen LogP contribution in [0.2, 0.25) is 5.02 Å². The molecule has 1 aromatic carbocycles. The van der Waals surface area contributed by atoms with Crippen molar-refractivity contribution in [2.45, 2.75) is 13.5 Å². The van der Waals surface area contributed by atoms with E-state index >= 15 is 0 Å². The lowest BCUT2D eigenvalue weighted by Gasteiger charge is -2.05. The fraction of sp³-hybridized carbons (Fsp3) is 0.333. The lowest BCUT2D eigenvalue weighted by Crippen LogP contribution is -1.92. The number of hydrogen-bond donors (Lipinski definition) is 1. The number of benzene rings is 1. The van der Waals surface area contributed by atoms with Crippen LogP contribution in [0, 0.1) is 0 Å². The van der Waals surface area contributed by atoms with Crippen molar-refractivity contribution in [2.24, 2.45) is 0 Å². The van der Waals surface area contributed by atoms with Gasteiger partial charge in [0.15, 0.2) is 0 Å². The van der Waals surface area contributed by atoms with Gasteiger partial charge in [0.2, 0.25) is 0 Å². The van der Waals surface area contributed by atoms with E-state index in [0.29, 0.717) is 11.6 Å². The second-order valence-electron chi connectivity index (χ2n) is 2.34. The normalized spacial score (nSPS) is 9.92. The Balaban J connectivity index is 2.86. The highest BCUT2D eigenvalue weighted by Gasteiger charge is 2.00. The van der Waals surface area contributed by atoms with Gasteiger partial charge in [0.1, 0.15) is 5.75 Å².